The van der Waals surface area contributed by atoms with Crippen molar-refractivity contribution < 1.29 is 0 Å². The zero-order valence-corrected chi connectivity index (χ0v) is 9.65. The number of hydrogen-bond donors (Lipinski definition) is 1. The smallest absolute Gasteiger partial charge is 0.0965 e. The van der Waals surface area contributed by atoms with Gasteiger partial charge in [0.1, 0.15) is 0 Å². The minimum absolute atomic E-state index is 0.708. The van der Waals surface area contributed by atoms with Gasteiger partial charge in [-0.2, -0.15) is 0 Å². The van der Waals surface area contributed by atoms with Crippen molar-refractivity contribution in [2.24, 2.45) is 0 Å². The van der Waals surface area contributed by atoms with E-state index in [2.05, 4.69) is 20.6 Å². The summed E-state index contributed by atoms with van der Waals surface area (Å²) in [5.74, 6) is 0. The van der Waals surface area contributed by atoms with Crippen LogP contribution in [0.25, 0.3) is 0 Å². The summed E-state index contributed by atoms with van der Waals surface area (Å²) < 4.78 is 1.83. The van der Waals surface area contributed by atoms with E-state index < -0.39 is 0 Å². The largest absolute Gasteiger partial charge is 0.308 e. The Hall–Kier alpha value is -1.27. The highest BCUT2D eigenvalue weighted by molar-refractivity contribution is 7.07. The van der Waals surface area contributed by atoms with Crippen LogP contribution in [0.15, 0.2) is 17.1 Å². The van der Waals surface area contributed by atoms with Gasteiger partial charge in [-0.3, -0.25) is 0 Å². The van der Waals surface area contributed by atoms with Gasteiger partial charge in [-0.25, -0.2) is 9.67 Å². The Morgan fingerprint density at radius 3 is 3.12 bits per heavy atom. The van der Waals surface area contributed by atoms with E-state index in [-0.39, 0.29) is 0 Å². The molecule has 2 aromatic heterocycles. The molecule has 2 heterocycles. The van der Waals surface area contributed by atoms with Crippen LogP contribution in [0.4, 0.5) is 0 Å². The van der Waals surface area contributed by atoms with E-state index in [4.69, 9.17) is 0 Å². The summed E-state index contributed by atoms with van der Waals surface area (Å²) in [4.78, 5) is 4.22. The molecule has 6 heteroatoms. The maximum atomic E-state index is 4.22. The number of nitrogens with one attached hydrogen (secondary N) is 1. The zero-order valence-electron chi connectivity index (χ0n) is 8.83. The first-order chi connectivity index (χ1) is 7.90. The van der Waals surface area contributed by atoms with Gasteiger partial charge in [0.2, 0.25) is 0 Å². The van der Waals surface area contributed by atoms with Crippen LogP contribution in [-0.2, 0) is 13.1 Å². The molecule has 0 atom stereocenters. The third-order valence-corrected chi connectivity index (χ3v) is 3.18. The fourth-order valence-electron chi connectivity index (χ4n) is 1.51. The van der Waals surface area contributed by atoms with Crippen LogP contribution in [0.2, 0.25) is 0 Å². The van der Waals surface area contributed by atoms with Gasteiger partial charge in [0.15, 0.2) is 0 Å². The van der Waals surface area contributed by atoms with Crippen molar-refractivity contribution in [3.63, 3.8) is 0 Å². The molecule has 5 nitrogen and oxygen atoms in total. The molecule has 0 bridgehead atoms. The lowest BCUT2D eigenvalue weighted by atomic mass is 10.4. The van der Waals surface area contributed by atoms with Crippen molar-refractivity contribution in [1.29, 1.82) is 0 Å². The van der Waals surface area contributed by atoms with Gasteiger partial charge < -0.3 is 5.32 Å². The molecule has 3 rings (SSSR count). The van der Waals surface area contributed by atoms with E-state index >= 15 is 0 Å². The van der Waals surface area contributed by atoms with Crippen molar-refractivity contribution in [2.75, 3.05) is 0 Å². The molecule has 1 aliphatic carbocycles. The molecule has 84 valence electrons. The zero-order chi connectivity index (χ0) is 10.8. The molecule has 16 heavy (non-hydrogen) atoms. The normalized spacial score (nSPS) is 15.5. The highest BCUT2D eigenvalue weighted by atomic mass is 32.1. The van der Waals surface area contributed by atoms with Crippen molar-refractivity contribution in [3.8, 4) is 0 Å². The molecule has 2 aromatic rings. The first kappa shape index (κ1) is 9.92. The molecule has 1 aliphatic rings. The lowest BCUT2D eigenvalue weighted by molar-refractivity contribution is 0.638. The second kappa shape index (κ2) is 4.31. The molecule has 1 saturated carbocycles. The van der Waals surface area contributed by atoms with Crippen LogP contribution in [0.3, 0.4) is 0 Å². The van der Waals surface area contributed by atoms with Crippen molar-refractivity contribution in [3.05, 3.63) is 28.5 Å². The number of thiazole rings is 1. The molecule has 0 spiro atoms. The van der Waals surface area contributed by atoms with Crippen molar-refractivity contribution in [2.45, 2.75) is 32.0 Å². The van der Waals surface area contributed by atoms with Gasteiger partial charge in [-0.15, -0.1) is 16.4 Å². The minimum atomic E-state index is 0.708. The van der Waals surface area contributed by atoms with Crippen LogP contribution >= 0.6 is 11.3 Å². The average molecular weight is 235 g/mol. The second-order valence-corrected chi connectivity index (χ2v) is 4.76. The molecule has 0 aromatic carbocycles. The predicted octanol–water partition coefficient (Wildman–Crippen LogP) is 1.03. The monoisotopic (exact) mass is 235 g/mol. The van der Waals surface area contributed by atoms with Gasteiger partial charge in [0.05, 0.1) is 29.6 Å². The third-order valence-electron chi connectivity index (χ3n) is 2.54. The van der Waals surface area contributed by atoms with Crippen LogP contribution in [-0.4, -0.2) is 26.0 Å². The summed E-state index contributed by atoms with van der Waals surface area (Å²) >= 11 is 1.60. The topological polar surface area (TPSA) is 55.6 Å². The SMILES string of the molecule is c1nc(Cn2cc(CNC3CC3)nn2)cs1. The van der Waals surface area contributed by atoms with Crippen molar-refractivity contribution >= 4 is 11.3 Å². The predicted molar refractivity (Wildman–Crippen MR) is 61.1 cm³/mol. The fourth-order valence-corrected chi connectivity index (χ4v) is 2.06. The number of hydrogen-bond acceptors (Lipinski definition) is 5. The van der Waals surface area contributed by atoms with E-state index in [1.807, 2.05) is 21.8 Å². The maximum Gasteiger partial charge on any atom is 0.0965 e. The number of aromatic nitrogens is 4. The average Bonchev–Trinajstić information content (AvgIpc) is 2.78. The van der Waals surface area contributed by atoms with Gasteiger partial charge >= 0.3 is 0 Å². The molecule has 1 N–H and O–H groups in total. The third kappa shape index (κ3) is 2.45. The summed E-state index contributed by atoms with van der Waals surface area (Å²) in [6, 6.07) is 0.712. The van der Waals surface area contributed by atoms with Gasteiger partial charge in [-0.05, 0) is 12.8 Å². The maximum absolute atomic E-state index is 4.22. The van der Waals surface area contributed by atoms with Crippen LogP contribution in [0.1, 0.15) is 24.2 Å². The fraction of sp³-hybridized carbons (Fsp3) is 0.500. The lowest BCUT2D eigenvalue weighted by Crippen LogP contribution is -2.15. The van der Waals surface area contributed by atoms with E-state index in [9.17, 15) is 0 Å². The van der Waals surface area contributed by atoms with Gasteiger partial charge in [0.25, 0.3) is 0 Å². The van der Waals surface area contributed by atoms with E-state index in [1.54, 1.807) is 11.3 Å². The molecule has 0 unspecified atom stereocenters. The second-order valence-electron chi connectivity index (χ2n) is 4.04. The molecule has 0 amide bonds. The summed E-state index contributed by atoms with van der Waals surface area (Å²) in [5, 5.41) is 13.7. The summed E-state index contributed by atoms with van der Waals surface area (Å²) in [6.45, 7) is 1.53. The van der Waals surface area contributed by atoms with E-state index in [0.29, 0.717) is 12.6 Å². The molecule has 0 aliphatic heterocycles. The molecule has 0 saturated heterocycles. The molecule has 0 radical (unpaired) electrons. The minimum Gasteiger partial charge on any atom is -0.308 e. The van der Waals surface area contributed by atoms with E-state index in [1.165, 1.54) is 12.8 Å². The van der Waals surface area contributed by atoms with Crippen molar-refractivity contribution in [1.82, 2.24) is 25.3 Å². The number of rotatable bonds is 5. The highest BCUT2D eigenvalue weighted by Crippen LogP contribution is 2.18. The summed E-state index contributed by atoms with van der Waals surface area (Å²) in [5.41, 5.74) is 3.88. The molecular formula is C10H13N5S. The van der Waals surface area contributed by atoms with E-state index in [0.717, 1.165) is 17.9 Å². The molecule has 1 fully saturated rings. The summed E-state index contributed by atoms with van der Waals surface area (Å²) in [7, 11) is 0. The van der Waals surface area contributed by atoms with Gasteiger partial charge in [0, 0.05) is 18.0 Å². The van der Waals surface area contributed by atoms with Crippen LogP contribution < -0.4 is 5.32 Å². The number of nitrogens with zero attached hydrogens (tertiary/aromatic N) is 4. The van der Waals surface area contributed by atoms with Gasteiger partial charge in [-0.1, -0.05) is 5.21 Å². The van der Waals surface area contributed by atoms with Crippen LogP contribution in [0, 0.1) is 0 Å². The summed E-state index contributed by atoms with van der Waals surface area (Å²) in [6.07, 6.45) is 4.58. The highest BCUT2D eigenvalue weighted by Gasteiger charge is 2.20. The Balaban J connectivity index is 1.58. The Labute approximate surface area is 97.5 Å². The first-order valence-corrected chi connectivity index (χ1v) is 6.34. The Morgan fingerprint density at radius 1 is 1.44 bits per heavy atom. The lowest BCUT2D eigenvalue weighted by Gasteiger charge is -1.96. The first-order valence-electron chi connectivity index (χ1n) is 5.39. The Bertz CT molecular complexity index is 445. The molecular weight excluding hydrogens is 222 g/mol. The Morgan fingerprint density at radius 2 is 2.38 bits per heavy atom. The van der Waals surface area contributed by atoms with Crippen LogP contribution in [0.5, 0.6) is 0 Å². The standard InChI is InChI=1S/C10H13N5S/c1-2-8(1)11-3-9-4-15(14-13-9)5-10-6-16-7-12-10/h4,6-8,11H,1-3,5H2. The Kier molecular flexibility index (Phi) is 2.67. The quantitative estimate of drug-likeness (QED) is 0.841.